The van der Waals surface area contributed by atoms with Crippen molar-refractivity contribution in [2.45, 2.75) is 24.8 Å². The second kappa shape index (κ2) is 6.45. The van der Waals surface area contributed by atoms with Crippen molar-refractivity contribution in [3.05, 3.63) is 63.0 Å². The second-order valence-electron chi connectivity index (χ2n) is 5.61. The van der Waals surface area contributed by atoms with E-state index in [0.29, 0.717) is 27.5 Å². The number of hydrogen-bond acceptors (Lipinski definition) is 7. The van der Waals surface area contributed by atoms with Crippen LogP contribution in [0.2, 0.25) is 0 Å². The first-order valence-electron chi connectivity index (χ1n) is 7.60. The SMILES string of the molecule is Cc1cccc(-c2nnc(SCc3cc(=O)n4c(C)csc4n3)o2)c1. The van der Waals surface area contributed by atoms with E-state index in [1.54, 1.807) is 10.5 Å². The van der Waals surface area contributed by atoms with Crippen LogP contribution in [0.5, 0.6) is 0 Å². The molecule has 0 aliphatic rings. The molecule has 4 rings (SSSR count). The van der Waals surface area contributed by atoms with Gasteiger partial charge in [0.2, 0.25) is 5.89 Å². The molecule has 4 aromatic rings. The topological polar surface area (TPSA) is 73.3 Å². The molecule has 0 saturated carbocycles. The van der Waals surface area contributed by atoms with E-state index in [1.807, 2.05) is 43.5 Å². The molecule has 0 fully saturated rings. The van der Waals surface area contributed by atoms with Crippen LogP contribution in [-0.4, -0.2) is 19.6 Å². The molecule has 0 spiro atoms. The minimum absolute atomic E-state index is 0.0645. The number of benzene rings is 1. The summed E-state index contributed by atoms with van der Waals surface area (Å²) in [6, 6.07) is 9.46. The Balaban J connectivity index is 1.53. The normalized spacial score (nSPS) is 11.3. The third kappa shape index (κ3) is 3.22. The number of thioether (sulfide) groups is 1. The summed E-state index contributed by atoms with van der Waals surface area (Å²) in [5.74, 6) is 0.988. The van der Waals surface area contributed by atoms with E-state index in [4.69, 9.17) is 4.42 Å². The zero-order valence-electron chi connectivity index (χ0n) is 13.6. The predicted molar refractivity (Wildman–Crippen MR) is 98.1 cm³/mol. The lowest BCUT2D eigenvalue weighted by molar-refractivity contribution is 0.465. The maximum atomic E-state index is 12.2. The van der Waals surface area contributed by atoms with Crippen LogP contribution in [0.4, 0.5) is 0 Å². The molecule has 0 aliphatic carbocycles. The van der Waals surface area contributed by atoms with Crippen molar-refractivity contribution in [1.82, 2.24) is 19.6 Å². The Morgan fingerprint density at radius 2 is 2.12 bits per heavy atom. The maximum absolute atomic E-state index is 12.2. The molecular weight excluding hydrogens is 356 g/mol. The van der Waals surface area contributed by atoms with E-state index in [0.717, 1.165) is 16.8 Å². The summed E-state index contributed by atoms with van der Waals surface area (Å²) < 4.78 is 7.31. The number of nitrogens with zero attached hydrogens (tertiary/aromatic N) is 4. The molecule has 3 aromatic heterocycles. The highest BCUT2D eigenvalue weighted by atomic mass is 32.2. The third-order valence-corrected chi connectivity index (χ3v) is 5.44. The van der Waals surface area contributed by atoms with Crippen molar-refractivity contribution in [2.24, 2.45) is 0 Å². The van der Waals surface area contributed by atoms with Crippen LogP contribution < -0.4 is 5.56 Å². The van der Waals surface area contributed by atoms with Gasteiger partial charge < -0.3 is 4.42 Å². The van der Waals surface area contributed by atoms with Gasteiger partial charge in [-0.05, 0) is 26.0 Å². The molecule has 0 N–H and O–H groups in total. The Hall–Kier alpha value is -2.45. The largest absolute Gasteiger partial charge is 0.411 e. The average Bonchev–Trinajstić information content (AvgIpc) is 3.20. The average molecular weight is 370 g/mol. The Kier molecular flexibility index (Phi) is 4.14. The minimum Gasteiger partial charge on any atom is -0.411 e. The first-order valence-corrected chi connectivity index (χ1v) is 9.47. The highest BCUT2D eigenvalue weighted by molar-refractivity contribution is 7.98. The third-order valence-electron chi connectivity index (χ3n) is 3.64. The predicted octanol–water partition coefficient (Wildman–Crippen LogP) is 3.72. The lowest BCUT2D eigenvalue weighted by Crippen LogP contribution is -2.14. The van der Waals surface area contributed by atoms with Gasteiger partial charge in [-0.3, -0.25) is 9.20 Å². The maximum Gasteiger partial charge on any atom is 0.277 e. The summed E-state index contributed by atoms with van der Waals surface area (Å²) in [5.41, 5.74) is 3.56. The first-order chi connectivity index (χ1) is 12.1. The van der Waals surface area contributed by atoms with E-state index in [9.17, 15) is 4.79 Å². The van der Waals surface area contributed by atoms with Gasteiger partial charge in [0, 0.05) is 28.5 Å². The molecule has 6 nitrogen and oxygen atoms in total. The van der Waals surface area contributed by atoms with E-state index in [1.165, 1.54) is 23.1 Å². The lowest BCUT2D eigenvalue weighted by Gasteiger charge is -1.99. The monoisotopic (exact) mass is 370 g/mol. The number of rotatable bonds is 4. The van der Waals surface area contributed by atoms with Crippen molar-refractivity contribution >= 4 is 28.1 Å². The molecule has 0 saturated heterocycles. The van der Waals surface area contributed by atoms with E-state index in [-0.39, 0.29) is 5.56 Å². The van der Waals surface area contributed by atoms with Crippen LogP contribution in [0, 0.1) is 13.8 Å². The van der Waals surface area contributed by atoms with Gasteiger partial charge in [0.05, 0.1) is 5.69 Å². The Labute approximate surface area is 151 Å². The molecule has 0 atom stereocenters. The molecule has 0 aliphatic heterocycles. The molecule has 126 valence electrons. The van der Waals surface area contributed by atoms with Crippen molar-refractivity contribution < 1.29 is 4.42 Å². The fourth-order valence-corrected chi connectivity index (χ4v) is 4.02. The van der Waals surface area contributed by atoms with Crippen LogP contribution in [-0.2, 0) is 5.75 Å². The van der Waals surface area contributed by atoms with E-state index >= 15 is 0 Å². The number of fused-ring (bicyclic) bond motifs is 1. The van der Waals surface area contributed by atoms with Crippen LogP contribution in [0.1, 0.15) is 17.0 Å². The molecule has 25 heavy (non-hydrogen) atoms. The van der Waals surface area contributed by atoms with Crippen molar-refractivity contribution in [2.75, 3.05) is 0 Å². The van der Waals surface area contributed by atoms with Crippen LogP contribution in [0.3, 0.4) is 0 Å². The van der Waals surface area contributed by atoms with Crippen molar-refractivity contribution in [3.63, 3.8) is 0 Å². The summed E-state index contributed by atoms with van der Waals surface area (Å²) in [7, 11) is 0. The van der Waals surface area contributed by atoms with Crippen LogP contribution in [0.25, 0.3) is 16.4 Å². The molecule has 8 heteroatoms. The van der Waals surface area contributed by atoms with Gasteiger partial charge in [-0.1, -0.05) is 29.5 Å². The highest BCUT2D eigenvalue weighted by Crippen LogP contribution is 2.25. The standard InChI is InChI=1S/C17H14N4O2S2/c1-10-4-3-5-12(6-10)15-19-20-17(23-15)25-9-13-7-14(22)21-11(2)8-24-16(21)18-13/h3-8H,9H2,1-2H3. The van der Waals surface area contributed by atoms with Gasteiger partial charge in [-0.15, -0.1) is 21.5 Å². The lowest BCUT2D eigenvalue weighted by atomic mass is 10.1. The van der Waals surface area contributed by atoms with Crippen molar-refractivity contribution in [3.8, 4) is 11.5 Å². The number of aromatic nitrogens is 4. The summed E-state index contributed by atoms with van der Waals surface area (Å²) in [4.78, 5) is 17.4. The Morgan fingerprint density at radius 3 is 2.96 bits per heavy atom. The zero-order valence-corrected chi connectivity index (χ0v) is 15.2. The van der Waals surface area contributed by atoms with Gasteiger partial charge in [0.15, 0.2) is 4.96 Å². The van der Waals surface area contributed by atoms with Gasteiger partial charge in [0.1, 0.15) is 0 Å². The number of thiazole rings is 1. The summed E-state index contributed by atoms with van der Waals surface area (Å²) in [5, 5.41) is 10.5. The Morgan fingerprint density at radius 1 is 1.24 bits per heavy atom. The van der Waals surface area contributed by atoms with Crippen LogP contribution >= 0.6 is 23.1 Å². The minimum atomic E-state index is -0.0645. The fourth-order valence-electron chi connectivity index (χ4n) is 2.47. The summed E-state index contributed by atoms with van der Waals surface area (Å²) >= 11 is 2.83. The van der Waals surface area contributed by atoms with Gasteiger partial charge in [0.25, 0.3) is 10.8 Å². The molecule has 0 radical (unpaired) electrons. The molecular formula is C17H14N4O2S2. The van der Waals surface area contributed by atoms with Gasteiger partial charge in [-0.2, -0.15) is 0 Å². The number of aryl methyl sites for hydroxylation is 2. The smallest absolute Gasteiger partial charge is 0.277 e. The fraction of sp³-hybridized carbons (Fsp3) is 0.176. The molecule has 0 bridgehead atoms. The summed E-state index contributed by atoms with van der Waals surface area (Å²) in [6.45, 7) is 3.91. The molecule has 3 heterocycles. The highest BCUT2D eigenvalue weighted by Gasteiger charge is 2.11. The first kappa shape index (κ1) is 16.0. The molecule has 1 aromatic carbocycles. The zero-order chi connectivity index (χ0) is 17.4. The quantitative estimate of drug-likeness (QED) is 0.510. The van der Waals surface area contributed by atoms with Crippen molar-refractivity contribution in [1.29, 1.82) is 0 Å². The van der Waals surface area contributed by atoms with Crippen LogP contribution in [0.15, 0.2) is 50.1 Å². The molecule has 0 amide bonds. The molecule has 0 unspecified atom stereocenters. The van der Waals surface area contributed by atoms with Gasteiger partial charge >= 0.3 is 0 Å². The number of hydrogen-bond donors (Lipinski definition) is 0. The second-order valence-corrected chi connectivity index (χ2v) is 7.38. The van der Waals surface area contributed by atoms with E-state index < -0.39 is 0 Å². The summed E-state index contributed by atoms with van der Waals surface area (Å²) in [6.07, 6.45) is 0. The Bertz CT molecular complexity index is 1110. The van der Waals surface area contributed by atoms with Gasteiger partial charge in [-0.25, -0.2) is 4.98 Å². The van der Waals surface area contributed by atoms with E-state index in [2.05, 4.69) is 15.2 Å².